The lowest BCUT2D eigenvalue weighted by atomic mass is 9.95. The molecule has 2 aliphatic rings. The summed E-state index contributed by atoms with van der Waals surface area (Å²) < 4.78 is 12.4. The van der Waals surface area contributed by atoms with Gasteiger partial charge in [-0.3, -0.25) is 14.2 Å². The van der Waals surface area contributed by atoms with Gasteiger partial charge in [-0.2, -0.15) is 0 Å². The SMILES string of the molecule is CCOC(=O)C1=C(C)N=c2sc(=C3C(=O)Nc4ccccc43)c(=O)n2C1c1cccc(OC)c1. The minimum atomic E-state index is -0.778. The van der Waals surface area contributed by atoms with Gasteiger partial charge in [-0.15, -0.1) is 0 Å². The van der Waals surface area contributed by atoms with E-state index in [4.69, 9.17) is 9.47 Å². The predicted molar refractivity (Wildman–Crippen MR) is 127 cm³/mol. The number of hydrogen-bond donors (Lipinski definition) is 1. The number of aromatic nitrogens is 1. The van der Waals surface area contributed by atoms with Crippen LogP contribution in [0.2, 0.25) is 0 Å². The van der Waals surface area contributed by atoms with E-state index in [-0.39, 0.29) is 22.6 Å². The Morgan fingerprint density at radius 3 is 2.74 bits per heavy atom. The normalized spacial score (nSPS) is 18.1. The molecule has 2 aromatic carbocycles. The van der Waals surface area contributed by atoms with E-state index in [1.54, 1.807) is 51.3 Å². The lowest BCUT2D eigenvalue weighted by Crippen LogP contribution is -2.40. The van der Waals surface area contributed by atoms with Crippen LogP contribution in [0.3, 0.4) is 0 Å². The van der Waals surface area contributed by atoms with E-state index in [1.165, 1.54) is 4.57 Å². The van der Waals surface area contributed by atoms with Gasteiger partial charge in [0.2, 0.25) is 0 Å². The number of rotatable bonds is 4. The van der Waals surface area contributed by atoms with E-state index in [9.17, 15) is 14.4 Å². The molecule has 0 saturated carbocycles. The molecule has 172 valence electrons. The van der Waals surface area contributed by atoms with Crippen molar-refractivity contribution in [1.82, 2.24) is 4.57 Å². The Morgan fingerprint density at radius 1 is 1.18 bits per heavy atom. The molecule has 1 unspecified atom stereocenters. The zero-order valence-electron chi connectivity index (χ0n) is 18.7. The quantitative estimate of drug-likeness (QED) is 0.583. The number of anilines is 1. The van der Waals surface area contributed by atoms with Crippen LogP contribution in [0.5, 0.6) is 5.75 Å². The molecule has 1 aromatic heterocycles. The first-order valence-corrected chi connectivity index (χ1v) is 11.5. The number of nitrogens with zero attached hydrogens (tertiary/aromatic N) is 2. The summed E-state index contributed by atoms with van der Waals surface area (Å²) in [5.41, 5.74) is 2.63. The maximum Gasteiger partial charge on any atom is 0.338 e. The number of amides is 1. The monoisotopic (exact) mass is 475 g/mol. The summed E-state index contributed by atoms with van der Waals surface area (Å²) in [5, 5.41) is 2.81. The number of thiazole rings is 1. The highest BCUT2D eigenvalue weighted by Crippen LogP contribution is 2.33. The van der Waals surface area contributed by atoms with Crippen molar-refractivity contribution in [2.45, 2.75) is 19.9 Å². The van der Waals surface area contributed by atoms with Gasteiger partial charge in [0.15, 0.2) is 4.80 Å². The Morgan fingerprint density at radius 2 is 1.97 bits per heavy atom. The molecular formula is C25H21N3O5S. The third-order valence-corrected chi connectivity index (χ3v) is 6.85. The molecule has 0 fully saturated rings. The number of fused-ring (bicyclic) bond motifs is 2. The smallest absolute Gasteiger partial charge is 0.338 e. The van der Waals surface area contributed by atoms with Crippen LogP contribution in [-0.2, 0) is 14.3 Å². The summed E-state index contributed by atoms with van der Waals surface area (Å²) in [6, 6.07) is 13.6. The largest absolute Gasteiger partial charge is 0.497 e. The second kappa shape index (κ2) is 8.42. The lowest BCUT2D eigenvalue weighted by molar-refractivity contribution is -0.139. The van der Waals surface area contributed by atoms with E-state index < -0.39 is 17.6 Å². The molecule has 34 heavy (non-hydrogen) atoms. The summed E-state index contributed by atoms with van der Waals surface area (Å²) in [6.45, 7) is 3.63. The van der Waals surface area contributed by atoms with Gasteiger partial charge >= 0.3 is 5.97 Å². The Labute approximate surface area is 198 Å². The Kier molecular flexibility index (Phi) is 5.41. The number of hydrogen-bond acceptors (Lipinski definition) is 7. The first-order chi connectivity index (χ1) is 16.4. The molecule has 0 spiro atoms. The molecule has 5 rings (SSSR count). The summed E-state index contributed by atoms with van der Waals surface area (Å²) >= 11 is 1.13. The summed E-state index contributed by atoms with van der Waals surface area (Å²) in [7, 11) is 1.55. The fourth-order valence-electron chi connectivity index (χ4n) is 4.31. The van der Waals surface area contributed by atoms with Gasteiger partial charge in [-0.1, -0.05) is 41.7 Å². The molecule has 0 saturated heterocycles. The van der Waals surface area contributed by atoms with E-state index in [2.05, 4.69) is 10.3 Å². The third kappa shape index (κ3) is 3.36. The molecule has 0 aliphatic carbocycles. The molecule has 9 heteroatoms. The standard InChI is InChI=1S/C25H21N3O5S/c1-4-33-24(31)18-13(2)26-25-28(20(18)14-8-7-9-15(12-14)32-3)23(30)21(34-25)19-16-10-5-6-11-17(16)27-22(19)29/h5-12,20H,4H2,1-3H3,(H,27,29). The molecule has 3 aromatic rings. The zero-order chi connectivity index (χ0) is 24.0. The van der Waals surface area contributed by atoms with E-state index >= 15 is 0 Å². The average Bonchev–Trinajstić information content (AvgIpc) is 3.33. The van der Waals surface area contributed by atoms with Crippen molar-refractivity contribution in [3.8, 4) is 5.75 Å². The average molecular weight is 476 g/mol. The topological polar surface area (TPSA) is 99.0 Å². The molecule has 1 amide bonds. The second-order valence-corrected chi connectivity index (χ2v) is 8.75. The number of allylic oxidation sites excluding steroid dienone is 1. The molecule has 0 radical (unpaired) electrons. The Hall–Kier alpha value is -3.98. The molecular weight excluding hydrogens is 454 g/mol. The zero-order valence-corrected chi connectivity index (χ0v) is 19.6. The van der Waals surface area contributed by atoms with Crippen LogP contribution in [0.15, 0.2) is 69.6 Å². The van der Waals surface area contributed by atoms with Crippen LogP contribution in [-0.4, -0.2) is 30.2 Å². The Bertz CT molecular complexity index is 1560. The maximum absolute atomic E-state index is 13.8. The number of benzene rings is 2. The van der Waals surface area contributed by atoms with Crippen molar-refractivity contribution in [2.75, 3.05) is 19.0 Å². The van der Waals surface area contributed by atoms with Gasteiger partial charge in [0.25, 0.3) is 11.5 Å². The van der Waals surface area contributed by atoms with Crippen molar-refractivity contribution in [2.24, 2.45) is 4.99 Å². The van der Waals surface area contributed by atoms with Crippen molar-refractivity contribution < 1.29 is 19.1 Å². The molecule has 1 atom stereocenters. The third-order valence-electron chi connectivity index (χ3n) is 5.80. The minimum absolute atomic E-state index is 0.186. The summed E-state index contributed by atoms with van der Waals surface area (Å²) in [5.74, 6) is -0.298. The fourth-order valence-corrected chi connectivity index (χ4v) is 5.45. The summed E-state index contributed by atoms with van der Waals surface area (Å²) in [4.78, 5) is 44.6. The van der Waals surface area contributed by atoms with Crippen LogP contribution in [0.1, 0.15) is 31.0 Å². The number of ether oxygens (including phenoxy) is 2. The number of methoxy groups -OCH3 is 1. The predicted octanol–water partition coefficient (Wildman–Crippen LogP) is 2.13. The van der Waals surface area contributed by atoms with E-state index in [0.717, 1.165) is 11.3 Å². The number of carbonyl (C=O) groups is 2. The van der Waals surface area contributed by atoms with E-state index in [1.807, 2.05) is 18.2 Å². The second-order valence-electron chi connectivity index (χ2n) is 7.77. The van der Waals surface area contributed by atoms with Gasteiger partial charge in [0.1, 0.15) is 10.3 Å². The maximum atomic E-state index is 13.8. The molecule has 1 N–H and O–H groups in total. The summed E-state index contributed by atoms with van der Waals surface area (Å²) in [6.07, 6.45) is 0. The van der Waals surface area contributed by atoms with Crippen LogP contribution < -0.4 is 24.9 Å². The van der Waals surface area contributed by atoms with Gasteiger partial charge < -0.3 is 14.8 Å². The van der Waals surface area contributed by atoms with Crippen LogP contribution in [0.4, 0.5) is 5.69 Å². The highest BCUT2D eigenvalue weighted by Gasteiger charge is 2.35. The Balaban J connectivity index is 1.82. The van der Waals surface area contributed by atoms with Gasteiger partial charge in [-0.25, -0.2) is 9.79 Å². The number of esters is 1. The molecule has 8 nitrogen and oxygen atoms in total. The first-order valence-electron chi connectivity index (χ1n) is 10.7. The first kappa shape index (κ1) is 21.8. The van der Waals surface area contributed by atoms with Crippen molar-refractivity contribution in [3.05, 3.63) is 90.6 Å². The van der Waals surface area contributed by atoms with Gasteiger partial charge in [0.05, 0.1) is 36.6 Å². The lowest BCUT2D eigenvalue weighted by Gasteiger charge is -2.25. The number of para-hydroxylation sites is 1. The van der Waals surface area contributed by atoms with Crippen LogP contribution in [0, 0.1) is 0 Å². The van der Waals surface area contributed by atoms with Gasteiger partial charge in [-0.05, 0) is 37.6 Å². The highest BCUT2D eigenvalue weighted by molar-refractivity contribution is 7.07. The molecule has 0 bridgehead atoms. The van der Waals surface area contributed by atoms with E-state index in [0.29, 0.717) is 38.6 Å². The molecule has 3 heterocycles. The highest BCUT2D eigenvalue weighted by atomic mass is 32.1. The van der Waals surface area contributed by atoms with Crippen LogP contribution >= 0.6 is 11.3 Å². The number of carbonyl (C=O) groups excluding carboxylic acids is 2. The number of nitrogens with one attached hydrogen (secondary N) is 1. The van der Waals surface area contributed by atoms with Crippen LogP contribution in [0.25, 0.3) is 5.57 Å². The molecule has 2 aliphatic heterocycles. The fraction of sp³-hybridized carbons (Fsp3) is 0.200. The van der Waals surface area contributed by atoms with Crippen molar-refractivity contribution in [1.29, 1.82) is 0 Å². The van der Waals surface area contributed by atoms with Gasteiger partial charge in [0, 0.05) is 11.3 Å². The minimum Gasteiger partial charge on any atom is -0.497 e. The van der Waals surface area contributed by atoms with Crippen molar-refractivity contribution in [3.63, 3.8) is 0 Å². The van der Waals surface area contributed by atoms with Crippen molar-refractivity contribution >= 4 is 34.5 Å².